The Bertz CT molecular complexity index is 759. The summed E-state index contributed by atoms with van der Waals surface area (Å²) in [7, 11) is 1.57. The Morgan fingerprint density at radius 1 is 1.36 bits per heavy atom. The number of ether oxygens (including phenoxy) is 5. The summed E-state index contributed by atoms with van der Waals surface area (Å²) in [5.74, 6) is -1.69. The van der Waals surface area contributed by atoms with Crippen LogP contribution < -0.4 is 4.74 Å². The Balaban J connectivity index is 1.88. The second kappa shape index (κ2) is 7.94. The van der Waals surface area contributed by atoms with Gasteiger partial charge in [-0.25, -0.2) is 0 Å². The number of hydrogen-bond acceptors (Lipinski definition) is 7. The van der Waals surface area contributed by atoms with Crippen molar-refractivity contribution in [2.75, 3.05) is 20.3 Å². The highest BCUT2D eigenvalue weighted by Gasteiger charge is 2.57. The number of hydrogen-bond donors (Lipinski definition) is 1. The molecule has 2 aliphatic heterocycles. The molecule has 0 spiro atoms. The van der Waals surface area contributed by atoms with Gasteiger partial charge in [-0.1, -0.05) is 17.2 Å². The van der Waals surface area contributed by atoms with Crippen LogP contribution in [0.2, 0.25) is 0 Å². The lowest BCUT2D eigenvalue weighted by Gasteiger charge is -2.48. The number of benzene rings is 1. The topological polar surface area (TPSA) is 132 Å². The second-order valence-corrected chi connectivity index (χ2v) is 7.08. The summed E-state index contributed by atoms with van der Waals surface area (Å²) in [4.78, 5) is 14.8. The molecule has 1 N–H and O–H groups in total. The van der Waals surface area contributed by atoms with Gasteiger partial charge in [0.2, 0.25) is 0 Å². The van der Waals surface area contributed by atoms with Gasteiger partial charge < -0.3 is 28.8 Å². The van der Waals surface area contributed by atoms with Crippen molar-refractivity contribution in [1.82, 2.24) is 0 Å². The molecule has 2 heterocycles. The Kier molecular flexibility index (Phi) is 5.78. The highest BCUT2D eigenvalue weighted by molar-refractivity contribution is 5.80. The van der Waals surface area contributed by atoms with E-state index in [4.69, 9.17) is 29.2 Å². The lowest BCUT2D eigenvalue weighted by molar-refractivity contribution is -0.334. The van der Waals surface area contributed by atoms with E-state index in [0.717, 1.165) is 5.56 Å². The molecule has 2 aliphatic rings. The number of carbonyl (C=O) groups is 1. The molecule has 0 saturated carbocycles. The molecule has 0 radical (unpaired) electrons. The molecule has 28 heavy (non-hydrogen) atoms. The van der Waals surface area contributed by atoms with Crippen LogP contribution in [0.3, 0.4) is 0 Å². The largest absolute Gasteiger partial charge is 0.497 e. The summed E-state index contributed by atoms with van der Waals surface area (Å²) in [6.45, 7) is 3.34. The van der Waals surface area contributed by atoms with Crippen LogP contribution in [-0.2, 0) is 23.7 Å². The predicted molar refractivity (Wildman–Crippen MR) is 95.6 cm³/mol. The van der Waals surface area contributed by atoms with E-state index in [1.165, 1.54) is 0 Å². The molecule has 3 rings (SSSR count). The normalized spacial score (nSPS) is 32.2. The first kappa shape index (κ1) is 20.4. The van der Waals surface area contributed by atoms with E-state index in [-0.39, 0.29) is 6.61 Å². The van der Waals surface area contributed by atoms with E-state index in [9.17, 15) is 9.90 Å². The fraction of sp³-hybridized carbons (Fsp3) is 0.611. The van der Waals surface area contributed by atoms with Gasteiger partial charge in [-0.2, -0.15) is 0 Å². The summed E-state index contributed by atoms with van der Waals surface area (Å²) in [5.41, 5.74) is 7.78. The van der Waals surface area contributed by atoms with Crippen molar-refractivity contribution in [3.8, 4) is 5.75 Å². The van der Waals surface area contributed by atoms with E-state index in [1.807, 2.05) is 0 Å². The average molecular weight is 393 g/mol. The Morgan fingerprint density at radius 2 is 2.07 bits per heavy atom. The SMILES string of the molecule is COc1ccc([C@H]2OCC[C@H]([C@@H]3OC(C)(C)OC[C@]3(N=[N+]=[N-])C(=O)O)O2)cc1. The molecule has 4 atom stereocenters. The van der Waals surface area contributed by atoms with Crippen LogP contribution in [0.5, 0.6) is 5.75 Å². The molecule has 0 bridgehead atoms. The van der Waals surface area contributed by atoms with Gasteiger partial charge in [0.1, 0.15) is 11.9 Å². The molecule has 0 aliphatic carbocycles. The first-order valence-electron chi connectivity index (χ1n) is 8.84. The van der Waals surface area contributed by atoms with Crippen LogP contribution in [0.25, 0.3) is 10.4 Å². The smallest absolute Gasteiger partial charge is 0.320 e. The van der Waals surface area contributed by atoms with Gasteiger partial charge in [0, 0.05) is 10.5 Å². The van der Waals surface area contributed by atoms with E-state index in [1.54, 1.807) is 45.2 Å². The zero-order valence-electron chi connectivity index (χ0n) is 15.9. The minimum absolute atomic E-state index is 0.321. The van der Waals surface area contributed by atoms with Crippen molar-refractivity contribution in [2.24, 2.45) is 5.11 Å². The highest BCUT2D eigenvalue weighted by atomic mass is 16.7. The minimum Gasteiger partial charge on any atom is -0.497 e. The molecule has 0 unspecified atom stereocenters. The van der Waals surface area contributed by atoms with Crippen LogP contribution in [0.15, 0.2) is 29.4 Å². The van der Waals surface area contributed by atoms with Crippen molar-refractivity contribution in [2.45, 2.75) is 50.1 Å². The van der Waals surface area contributed by atoms with E-state index in [2.05, 4.69) is 10.0 Å². The first-order chi connectivity index (χ1) is 13.3. The molecule has 0 aromatic heterocycles. The van der Waals surface area contributed by atoms with Gasteiger partial charge >= 0.3 is 5.97 Å². The third-order valence-corrected chi connectivity index (χ3v) is 4.81. The van der Waals surface area contributed by atoms with Crippen molar-refractivity contribution in [1.29, 1.82) is 0 Å². The molecule has 1 aromatic carbocycles. The fourth-order valence-electron chi connectivity index (χ4n) is 3.29. The summed E-state index contributed by atoms with van der Waals surface area (Å²) < 4.78 is 28.3. The standard InChI is InChI=1S/C18H23N3O7/c1-17(2)26-10-18(16(22)23,20-21-19)14(28-17)13-8-9-25-15(27-13)11-4-6-12(24-3)7-5-11/h4-7,13-15H,8-10H2,1-3H3,(H,22,23)/t13-,14+,15+,18-/m1/s1. The number of azide groups is 1. The van der Waals surface area contributed by atoms with E-state index < -0.39 is 35.8 Å². The lowest BCUT2D eigenvalue weighted by atomic mass is 9.87. The van der Waals surface area contributed by atoms with Crippen LogP contribution in [0, 0.1) is 0 Å². The molecule has 2 fully saturated rings. The Labute approximate surface area is 161 Å². The molecular formula is C18H23N3O7. The monoisotopic (exact) mass is 393 g/mol. The Morgan fingerprint density at radius 3 is 2.68 bits per heavy atom. The summed E-state index contributed by atoms with van der Waals surface area (Å²) >= 11 is 0. The molecule has 1 aromatic rings. The van der Waals surface area contributed by atoms with Gasteiger partial charge in [-0.05, 0) is 37.9 Å². The third-order valence-electron chi connectivity index (χ3n) is 4.81. The Hall–Kier alpha value is -2.36. The van der Waals surface area contributed by atoms with Crippen molar-refractivity contribution < 1.29 is 33.6 Å². The van der Waals surface area contributed by atoms with Gasteiger partial charge in [0.15, 0.2) is 17.6 Å². The number of methoxy groups -OCH3 is 1. The first-order valence-corrected chi connectivity index (χ1v) is 8.84. The summed E-state index contributed by atoms with van der Waals surface area (Å²) in [5, 5.41) is 13.4. The number of rotatable bonds is 5. The van der Waals surface area contributed by atoms with Crippen LogP contribution in [0.1, 0.15) is 32.1 Å². The highest BCUT2D eigenvalue weighted by Crippen LogP contribution is 2.39. The number of carboxylic acids is 1. The van der Waals surface area contributed by atoms with Crippen LogP contribution in [0.4, 0.5) is 0 Å². The fourth-order valence-corrected chi connectivity index (χ4v) is 3.29. The molecule has 0 amide bonds. The third kappa shape index (κ3) is 3.91. The zero-order valence-corrected chi connectivity index (χ0v) is 15.9. The maximum Gasteiger partial charge on any atom is 0.320 e. The van der Waals surface area contributed by atoms with Gasteiger partial charge in [0.25, 0.3) is 0 Å². The maximum absolute atomic E-state index is 12.0. The van der Waals surface area contributed by atoms with Gasteiger partial charge in [-0.3, -0.25) is 4.79 Å². The summed E-state index contributed by atoms with van der Waals surface area (Å²) in [6.07, 6.45) is -2.06. The number of aliphatic carboxylic acids is 1. The van der Waals surface area contributed by atoms with Gasteiger partial charge in [-0.15, -0.1) is 0 Å². The van der Waals surface area contributed by atoms with Gasteiger partial charge in [0.05, 0.1) is 26.4 Å². The predicted octanol–water partition coefficient (Wildman–Crippen LogP) is 2.78. The average Bonchev–Trinajstić information content (AvgIpc) is 2.69. The van der Waals surface area contributed by atoms with Crippen molar-refractivity contribution in [3.63, 3.8) is 0 Å². The van der Waals surface area contributed by atoms with Crippen LogP contribution >= 0.6 is 0 Å². The van der Waals surface area contributed by atoms with Crippen molar-refractivity contribution >= 4 is 5.97 Å². The quantitative estimate of drug-likeness (QED) is 0.462. The van der Waals surface area contributed by atoms with Crippen molar-refractivity contribution in [3.05, 3.63) is 40.3 Å². The molecule has 2 saturated heterocycles. The molecular weight excluding hydrogens is 370 g/mol. The van der Waals surface area contributed by atoms with Crippen LogP contribution in [-0.4, -0.2) is 54.9 Å². The number of nitrogens with zero attached hydrogens (tertiary/aromatic N) is 3. The molecule has 152 valence electrons. The zero-order chi connectivity index (χ0) is 20.4. The van der Waals surface area contributed by atoms with E-state index >= 15 is 0 Å². The van der Waals surface area contributed by atoms with E-state index in [0.29, 0.717) is 18.8 Å². The summed E-state index contributed by atoms with van der Waals surface area (Å²) in [6, 6.07) is 7.17. The number of carboxylic acid groups (broad SMARTS) is 1. The second-order valence-electron chi connectivity index (χ2n) is 7.08. The molecule has 10 heteroatoms. The maximum atomic E-state index is 12.0. The lowest BCUT2D eigenvalue weighted by Crippen LogP contribution is -2.65. The molecule has 10 nitrogen and oxygen atoms in total. The minimum atomic E-state index is -1.93.